The Morgan fingerprint density at radius 2 is 2.60 bits per heavy atom. The fraction of sp³-hybridized carbons (Fsp3) is 0.500. The molecule has 5 heavy (non-hydrogen) atoms. The van der Waals surface area contributed by atoms with Gasteiger partial charge in [0.15, 0.2) is 0 Å². The Morgan fingerprint density at radius 3 is 2.60 bits per heavy atom. The second-order valence-electron chi connectivity index (χ2n) is 0.637. The number of rotatable bonds is 1. The first-order valence-corrected chi connectivity index (χ1v) is 2.73. The highest BCUT2D eigenvalue weighted by atomic mass is 32.2. The summed E-state index contributed by atoms with van der Waals surface area (Å²) >= 11 is 1.67. The van der Waals surface area contributed by atoms with E-state index in [1.54, 1.807) is 11.8 Å². The highest BCUT2D eigenvalue weighted by Crippen LogP contribution is 1.84. The van der Waals surface area contributed by atoms with E-state index in [9.17, 15) is 0 Å². The first-order chi connectivity index (χ1) is 2.41. The first-order valence-electron chi connectivity index (χ1n) is 1.34. The second kappa shape index (κ2) is 3.91. The van der Waals surface area contributed by atoms with Crippen LogP contribution in [0.4, 0.5) is 0 Å². The van der Waals surface area contributed by atoms with Crippen LogP contribution in [0.3, 0.4) is 0 Å². The van der Waals surface area contributed by atoms with Gasteiger partial charge in [-0.15, -0.1) is 6.42 Å². The zero-order valence-electron chi connectivity index (χ0n) is 3.19. The smallest absolute Gasteiger partial charge is 0.0542 e. The summed E-state index contributed by atoms with van der Waals surface area (Å²) in [5, 5.41) is 0. The molecule has 0 atom stereocenters. The van der Waals surface area contributed by atoms with Gasteiger partial charge in [0.05, 0.1) is 5.75 Å². The fourth-order valence-electron chi connectivity index (χ4n) is 0.0833. The van der Waals surface area contributed by atoms with Crippen molar-refractivity contribution in [3.05, 3.63) is 0 Å². The zero-order valence-corrected chi connectivity index (χ0v) is 4.01. The predicted molar refractivity (Wildman–Crippen MR) is 27.2 cm³/mol. The lowest BCUT2D eigenvalue weighted by Crippen LogP contribution is -1.59. The van der Waals surface area contributed by atoms with Gasteiger partial charge in [0.2, 0.25) is 0 Å². The van der Waals surface area contributed by atoms with Gasteiger partial charge in [0.25, 0.3) is 0 Å². The lowest BCUT2D eigenvalue weighted by Gasteiger charge is -1.70. The summed E-state index contributed by atoms with van der Waals surface area (Å²) in [6.07, 6.45) is 6.85. The van der Waals surface area contributed by atoms with E-state index in [0.29, 0.717) is 0 Å². The van der Waals surface area contributed by atoms with Crippen LogP contribution in [0.15, 0.2) is 0 Å². The molecule has 0 spiro atoms. The molecule has 0 aliphatic rings. The first kappa shape index (κ1) is 4.91. The molecular weight excluding hydrogens is 80.1 g/mol. The van der Waals surface area contributed by atoms with Crippen LogP contribution in [0, 0.1) is 12.3 Å². The molecule has 0 unspecified atom stereocenters. The summed E-state index contributed by atoms with van der Waals surface area (Å²) in [5.41, 5.74) is 0. The highest BCUT2D eigenvalue weighted by Gasteiger charge is 1.60. The van der Waals surface area contributed by atoms with Gasteiger partial charge in [-0.05, 0) is 6.26 Å². The molecule has 0 aliphatic carbocycles. The average molecular weight is 86.2 g/mol. The molecule has 0 rings (SSSR count). The van der Waals surface area contributed by atoms with Gasteiger partial charge in [-0.1, -0.05) is 5.92 Å². The molecule has 1 heteroatoms. The van der Waals surface area contributed by atoms with Crippen LogP contribution in [-0.2, 0) is 0 Å². The van der Waals surface area contributed by atoms with Crippen LogP contribution < -0.4 is 0 Å². The Balaban J connectivity index is 2.48. The van der Waals surface area contributed by atoms with Crippen LogP contribution >= 0.6 is 11.8 Å². The minimum Gasteiger partial charge on any atom is -0.152 e. The van der Waals surface area contributed by atoms with Gasteiger partial charge >= 0.3 is 0 Å². The summed E-state index contributed by atoms with van der Waals surface area (Å²) in [5.74, 6) is 3.31. The topological polar surface area (TPSA) is 0 Å². The maximum absolute atomic E-state index is 4.87. The summed E-state index contributed by atoms with van der Waals surface area (Å²) in [4.78, 5) is 0. The largest absolute Gasteiger partial charge is 0.152 e. The molecule has 28 valence electrons. The van der Waals surface area contributed by atoms with Gasteiger partial charge in [-0.3, -0.25) is 0 Å². The molecule has 0 aromatic rings. The minimum atomic E-state index is 0.833. The van der Waals surface area contributed by atoms with Gasteiger partial charge in [-0.25, -0.2) is 0 Å². The normalized spacial score (nSPS) is 6.40. The van der Waals surface area contributed by atoms with Crippen molar-refractivity contribution in [1.82, 2.24) is 0 Å². The van der Waals surface area contributed by atoms with Crippen LogP contribution in [0.1, 0.15) is 0 Å². The Kier molecular flexibility index (Phi) is 3.84. The third-order valence-electron chi connectivity index (χ3n) is 0.228. The lowest BCUT2D eigenvalue weighted by atomic mass is 10.8. The minimum absolute atomic E-state index is 0.833. The second-order valence-corrected chi connectivity index (χ2v) is 1.50. The van der Waals surface area contributed by atoms with Crippen LogP contribution in [0.25, 0.3) is 0 Å². The molecule has 0 bridgehead atoms. The molecule has 0 nitrogen and oxygen atoms in total. The number of hydrogen-bond acceptors (Lipinski definition) is 1. The molecule has 0 saturated heterocycles. The monoisotopic (exact) mass is 86.0 g/mol. The Bertz CT molecular complexity index is 42.1. The molecule has 0 aromatic heterocycles. The standard InChI is InChI=1S/C4H6S/c1-3-4-5-2/h1H,4H2,2H3. The Hall–Kier alpha value is -0.0900. The van der Waals surface area contributed by atoms with E-state index in [2.05, 4.69) is 5.92 Å². The number of terminal acetylenes is 1. The lowest BCUT2D eigenvalue weighted by molar-refractivity contribution is 1.96. The zero-order chi connectivity index (χ0) is 4.12. The van der Waals surface area contributed by atoms with E-state index in [4.69, 9.17) is 6.42 Å². The van der Waals surface area contributed by atoms with Gasteiger partial charge in [-0.2, -0.15) is 11.8 Å². The molecular formula is C4H6S. The molecule has 0 N–H and O–H groups in total. The number of hydrogen-bond donors (Lipinski definition) is 0. The third kappa shape index (κ3) is 3.91. The van der Waals surface area contributed by atoms with Crippen molar-refractivity contribution in [3.8, 4) is 12.3 Å². The SMILES string of the molecule is C#CCSC. The van der Waals surface area contributed by atoms with E-state index in [1.165, 1.54) is 0 Å². The Labute approximate surface area is 37.0 Å². The summed E-state index contributed by atoms with van der Waals surface area (Å²) in [6, 6.07) is 0. The molecule has 0 amide bonds. The van der Waals surface area contributed by atoms with E-state index >= 15 is 0 Å². The maximum atomic E-state index is 4.87. The summed E-state index contributed by atoms with van der Waals surface area (Å²) < 4.78 is 0. The van der Waals surface area contributed by atoms with E-state index in [-0.39, 0.29) is 0 Å². The van der Waals surface area contributed by atoms with Crippen molar-refractivity contribution < 1.29 is 0 Å². The molecule has 0 aliphatic heterocycles. The van der Waals surface area contributed by atoms with Crippen molar-refractivity contribution in [2.45, 2.75) is 0 Å². The van der Waals surface area contributed by atoms with Gasteiger partial charge < -0.3 is 0 Å². The van der Waals surface area contributed by atoms with E-state index in [0.717, 1.165) is 5.75 Å². The average Bonchev–Trinajstić information content (AvgIpc) is 1.41. The van der Waals surface area contributed by atoms with Crippen LogP contribution in [0.5, 0.6) is 0 Å². The summed E-state index contributed by atoms with van der Waals surface area (Å²) in [7, 11) is 0. The molecule has 0 saturated carbocycles. The van der Waals surface area contributed by atoms with Crippen molar-refractivity contribution in [2.24, 2.45) is 0 Å². The summed E-state index contributed by atoms with van der Waals surface area (Å²) in [6.45, 7) is 0. The molecule has 0 aromatic carbocycles. The molecule has 0 fully saturated rings. The quantitative estimate of drug-likeness (QED) is 0.429. The predicted octanol–water partition coefficient (Wildman–Crippen LogP) is 0.983. The van der Waals surface area contributed by atoms with Crippen LogP contribution in [-0.4, -0.2) is 12.0 Å². The van der Waals surface area contributed by atoms with Crippen LogP contribution in [0.2, 0.25) is 0 Å². The van der Waals surface area contributed by atoms with Crippen molar-refractivity contribution in [3.63, 3.8) is 0 Å². The highest BCUT2D eigenvalue weighted by molar-refractivity contribution is 7.98. The third-order valence-corrected chi connectivity index (χ3v) is 0.683. The molecule has 0 radical (unpaired) electrons. The maximum Gasteiger partial charge on any atom is 0.0542 e. The molecule has 0 heterocycles. The van der Waals surface area contributed by atoms with Crippen molar-refractivity contribution in [2.75, 3.05) is 12.0 Å². The number of thioether (sulfide) groups is 1. The van der Waals surface area contributed by atoms with E-state index < -0.39 is 0 Å². The van der Waals surface area contributed by atoms with Crippen molar-refractivity contribution in [1.29, 1.82) is 0 Å². The van der Waals surface area contributed by atoms with Gasteiger partial charge in [0.1, 0.15) is 0 Å². The van der Waals surface area contributed by atoms with E-state index in [1.807, 2.05) is 6.26 Å². The van der Waals surface area contributed by atoms with Gasteiger partial charge in [0, 0.05) is 0 Å². The Morgan fingerprint density at radius 1 is 2.00 bits per heavy atom. The van der Waals surface area contributed by atoms with Crippen molar-refractivity contribution >= 4 is 11.8 Å². The fourth-order valence-corrected chi connectivity index (χ4v) is 0.250.